The van der Waals surface area contributed by atoms with E-state index in [9.17, 15) is 9.18 Å². The van der Waals surface area contributed by atoms with Gasteiger partial charge in [-0.05, 0) is 31.0 Å². The first-order chi connectivity index (χ1) is 8.13. The minimum Gasteiger partial charge on any atom is -0.332 e. The summed E-state index contributed by atoms with van der Waals surface area (Å²) in [4.78, 5) is 13.8. The maximum Gasteiger partial charge on any atom is 0.257 e. The van der Waals surface area contributed by atoms with E-state index in [1.807, 2.05) is 0 Å². The van der Waals surface area contributed by atoms with Crippen molar-refractivity contribution in [2.24, 2.45) is 0 Å². The van der Waals surface area contributed by atoms with Crippen LogP contribution in [0.2, 0.25) is 5.02 Å². The SMILES string of the molecule is C=CCN(C(=O)c1cc(Cl)ccc1F)C1CC1. The Kier molecular flexibility index (Phi) is 3.48. The van der Waals surface area contributed by atoms with E-state index >= 15 is 0 Å². The second-order valence-electron chi connectivity index (χ2n) is 4.10. The summed E-state index contributed by atoms with van der Waals surface area (Å²) in [5.74, 6) is -0.846. The highest BCUT2D eigenvalue weighted by atomic mass is 35.5. The Bertz CT molecular complexity index is 457. The van der Waals surface area contributed by atoms with Crippen molar-refractivity contribution in [3.63, 3.8) is 0 Å². The van der Waals surface area contributed by atoms with E-state index in [2.05, 4.69) is 6.58 Å². The summed E-state index contributed by atoms with van der Waals surface area (Å²) in [5.41, 5.74) is 0.0336. The Morgan fingerprint density at radius 1 is 1.59 bits per heavy atom. The summed E-state index contributed by atoms with van der Waals surface area (Å²) in [6, 6.07) is 4.24. The molecule has 0 N–H and O–H groups in total. The van der Waals surface area contributed by atoms with E-state index in [-0.39, 0.29) is 17.5 Å². The lowest BCUT2D eigenvalue weighted by molar-refractivity contribution is 0.0758. The van der Waals surface area contributed by atoms with Crippen molar-refractivity contribution in [1.82, 2.24) is 4.90 Å². The fraction of sp³-hybridized carbons (Fsp3) is 0.308. The van der Waals surface area contributed by atoms with Crippen LogP contribution in [0, 0.1) is 5.82 Å². The summed E-state index contributed by atoms with van der Waals surface area (Å²) in [5, 5.41) is 0.365. The minimum atomic E-state index is -0.533. The maximum absolute atomic E-state index is 13.6. The van der Waals surface area contributed by atoms with Gasteiger partial charge in [-0.15, -0.1) is 6.58 Å². The topological polar surface area (TPSA) is 20.3 Å². The molecule has 0 aromatic heterocycles. The predicted molar refractivity (Wildman–Crippen MR) is 65.7 cm³/mol. The number of amides is 1. The lowest BCUT2D eigenvalue weighted by Crippen LogP contribution is -2.33. The highest BCUT2D eigenvalue weighted by Gasteiger charge is 2.33. The van der Waals surface area contributed by atoms with Gasteiger partial charge in [-0.3, -0.25) is 4.79 Å². The molecule has 90 valence electrons. The van der Waals surface area contributed by atoms with Crippen LogP contribution in [0.4, 0.5) is 4.39 Å². The number of hydrogen-bond donors (Lipinski definition) is 0. The van der Waals surface area contributed by atoms with Crippen LogP contribution in [0.5, 0.6) is 0 Å². The van der Waals surface area contributed by atoms with E-state index in [4.69, 9.17) is 11.6 Å². The van der Waals surface area contributed by atoms with Gasteiger partial charge >= 0.3 is 0 Å². The molecular weight excluding hydrogens is 241 g/mol. The van der Waals surface area contributed by atoms with Crippen LogP contribution >= 0.6 is 11.6 Å². The summed E-state index contributed by atoms with van der Waals surface area (Å²) in [7, 11) is 0. The maximum atomic E-state index is 13.6. The van der Waals surface area contributed by atoms with Gasteiger partial charge in [0.2, 0.25) is 0 Å². The van der Waals surface area contributed by atoms with Crippen molar-refractivity contribution < 1.29 is 9.18 Å². The van der Waals surface area contributed by atoms with Gasteiger partial charge in [-0.25, -0.2) is 4.39 Å². The quantitative estimate of drug-likeness (QED) is 0.754. The highest BCUT2D eigenvalue weighted by Crippen LogP contribution is 2.29. The average molecular weight is 254 g/mol. The van der Waals surface area contributed by atoms with Gasteiger partial charge < -0.3 is 4.90 Å². The summed E-state index contributed by atoms with van der Waals surface area (Å²) >= 11 is 5.78. The van der Waals surface area contributed by atoms with Crippen molar-refractivity contribution in [3.8, 4) is 0 Å². The van der Waals surface area contributed by atoms with Gasteiger partial charge in [-0.1, -0.05) is 17.7 Å². The number of carbonyl (C=O) groups is 1. The zero-order valence-electron chi connectivity index (χ0n) is 9.33. The average Bonchev–Trinajstić information content (AvgIpc) is 3.12. The first-order valence-electron chi connectivity index (χ1n) is 5.50. The molecule has 17 heavy (non-hydrogen) atoms. The van der Waals surface area contributed by atoms with E-state index in [1.165, 1.54) is 18.2 Å². The molecule has 1 aliphatic rings. The van der Waals surface area contributed by atoms with Gasteiger partial charge in [0.25, 0.3) is 5.91 Å². The predicted octanol–water partition coefficient (Wildman–Crippen LogP) is 3.27. The molecule has 0 atom stereocenters. The second kappa shape index (κ2) is 4.88. The van der Waals surface area contributed by atoms with Crippen LogP contribution in [0.1, 0.15) is 23.2 Å². The largest absolute Gasteiger partial charge is 0.332 e. The van der Waals surface area contributed by atoms with E-state index in [0.717, 1.165) is 12.8 Å². The molecule has 0 bridgehead atoms. The molecule has 4 heteroatoms. The molecule has 0 saturated heterocycles. The van der Waals surface area contributed by atoms with Crippen LogP contribution in [0.15, 0.2) is 30.9 Å². The lowest BCUT2D eigenvalue weighted by Gasteiger charge is -2.21. The third kappa shape index (κ3) is 2.67. The zero-order chi connectivity index (χ0) is 12.4. The molecule has 1 amide bonds. The van der Waals surface area contributed by atoms with Crippen molar-refractivity contribution in [2.45, 2.75) is 18.9 Å². The smallest absolute Gasteiger partial charge is 0.257 e. The molecule has 0 heterocycles. The Morgan fingerprint density at radius 2 is 2.29 bits per heavy atom. The third-order valence-electron chi connectivity index (χ3n) is 2.73. The highest BCUT2D eigenvalue weighted by molar-refractivity contribution is 6.31. The first-order valence-corrected chi connectivity index (χ1v) is 5.88. The zero-order valence-corrected chi connectivity index (χ0v) is 10.1. The van der Waals surface area contributed by atoms with Crippen molar-refractivity contribution in [2.75, 3.05) is 6.54 Å². The Labute approximate surface area is 105 Å². The molecule has 0 unspecified atom stereocenters. The Hall–Kier alpha value is -1.35. The normalized spacial score (nSPS) is 14.5. The van der Waals surface area contributed by atoms with Crippen LogP contribution < -0.4 is 0 Å². The van der Waals surface area contributed by atoms with Gasteiger partial charge in [0, 0.05) is 17.6 Å². The van der Waals surface area contributed by atoms with Gasteiger partial charge in [0.05, 0.1) is 5.56 Å². The Balaban J connectivity index is 2.27. The van der Waals surface area contributed by atoms with Crippen LogP contribution in [-0.4, -0.2) is 23.4 Å². The summed E-state index contributed by atoms with van der Waals surface area (Å²) in [6.07, 6.45) is 3.60. The molecule has 1 aromatic rings. The molecule has 1 aliphatic carbocycles. The van der Waals surface area contributed by atoms with Crippen LogP contribution in [-0.2, 0) is 0 Å². The summed E-state index contributed by atoms with van der Waals surface area (Å²) < 4.78 is 13.6. The van der Waals surface area contributed by atoms with Gasteiger partial charge in [0.1, 0.15) is 5.82 Å². The number of benzene rings is 1. The minimum absolute atomic E-state index is 0.0336. The number of carbonyl (C=O) groups excluding carboxylic acids is 1. The van der Waals surface area contributed by atoms with E-state index in [0.29, 0.717) is 11.6 Å². The standard InChI is InChI=1S/C13H13ClFNO/c1-2-7-16(10-4-5-10)13(17)11-8-9(14)3-6-12(11)15/h2-3,6,8,10H,1,4-5,7H2. The monoisotopic (exact) mass is 253 g/mol. The lowest BCUT2D eigenvalue weighted by atomic mass is 10.2. The van der Waals surface area contributed by atoms with Crippen LogP contribution in [0.3, 0.4) is 0 Å². The molecule has 0 aliphatic heterocycles. The van der Waals surface area contributed by atoms with Crippen molar-refractivity contribution in [3.05, 3.63) is 47.3 Å². The number of rotatable bonds is 4. The second-order valence-corrected chi connectivity index (χ2v) is 4.54. The molecular formula is C13H13ClFNO. The molecule has 1 aromatic carbocycles. The molecule has 1 saturated carbocycles. The molecule has 0 radical (unpaired) electrons. The van der Waals surface area contributed by atoms with Crippen molar-refractivity contribution in [1.29, 1.82) is 0 Å². The molecule has 0 spiro atoms. The van der Waals surface area contributed by atoms with Gasteiger partial charge in [0.15, 0.2) is 0 Å². The third-order valence-corrected chi connectivity index (χ3v) is 2.97. The number of nitrogens with zero attached hydrogens (tertiary/aromatic N) is 1. The van der Waals surface area contributed by atoms with Gasteiger partial charge in [-0.2, -0.15) is 0 Å². The number of halogens is 2. The summed E-state index contributed by atoms with van der Waals surface area (Å²) in [6.45, 7) is 4.05. The molecule has 2 nitrogen and oxygen atoms in total. The molecule has 2 rings (SSSR count). The fourth-order valence-corrected chi connectivity index (χ4v) is 1.91. The van der Waals surface area contributed by atoms with E-state index < -0.39 is 5.82 Å². The van der Waals surface area contributed by atoms with Crippen LogP contribution in [0.25, 0.3) is 0 Å². The first kappa shape index (κ1) is 12.1. The van der Waals surface area contributed by atoms with Crippen molar-refractivity contribution >= 4 is 17.5 Å². The Morgan fingerprint density at radius 3 is 2.88 bits per heavy atom. The van der Waals surface area contributed by atoms with E-state index in [1.54, 1.807) is 11.0 Å². The fourth-order valence-electron chi connectivity index (χ4n) is 1.74. The number of hydrogen-bond acceptors (Lipinski definition) is 1. The molecule has 1 fully saturated rings.